The van der Waals surface area contributed by atoms with Crippen LogP contribution >= 0.6 is 0 Å². The summed E-state index contributed by atoms with van der Waals surface area (Å²) in [6.07, 6.45) is 3.30. The van der Waals surface area contributed by atoms with E-state index in [1.165, 1.54) is 0 Å². The van der Waals surface area contributed by atoms with E-state index in [4.69, 9.17) is 9.47 Å². The molecule has 34 heavy (non-hydrogen) atoms. The molecule has 3 heterocycles. The molecule has 2 aromatic carbocycles. The van der Waals surface area contributed by atoms with E-state index in [1.54, 1.807) is 13.2 Å². The number of carbonyl (C=O) groups excluding carboxylic acids is 1. The molecule has 2 aliphatic heterocycles. The van der Waals surface area contributed by atoms with Crippen LogP contribution in [0, 0.1) is 0 Å². The highest BCUT2D eigenvalue weighted by Crippen LogP contribution is 2.49. The molecule has 0 unspecified atom stereocenters. The first kappa shape index (κ1) is 22.5. The largest absolute Gasteiger partial charge is 0.496 e. The molecule has 1 N–H and O–H groups in total. The number of hydrogen-bond acceptors (Lipinski definition) is 5. The van der Waals surface area contributed by atoms with Gasteiger partial charge >= 0.3 is 0 Å². The fraction of sp³-hybridized carbons (Fsp3) is 0.407. The normalized spacial score (nSPS) is 16.6. The van der Waals surface area contributed by atoms with Gasteiger partial charge in [-0.3, -0.25) is 9.48 Å². The van der Waals surface area contributed by atoms with Crippen LogP contribution < -0.4 is 9.47 Å². The second kappa shape index (κ2) is 8.17. The summed E-state index contributed by atoms with van der Waals surface area (Å²) in [5, 5.41) is 14.3. The maximum atomic E-state index is 13.4. The summed E-state index contributed by atoms with van der Waals surface area (Å²) in [6, 6.07) is 13.6. The number of methoxy groups -OCH3 is 1. The van der Waals surface area contributed by atoms with Gasteiger partial charge in [0.2, 0.25) is 0 Å². The van der Waals surface area contributed by atoms with Crippen molar-refractivity contribution >= 4 is 5.91 Å². The van der Waals surface area contributed by atoms with Crippen molar-refractivity contribution < 1.29 is 20.8 Å². The highest BCUT2D eigenvalue weighted by Gasteiger charge is 2.46. The predicted molar refractivity (Wildman–Crippen MR) is 131 cm³/mol. The topological polar surface area (TPSA) is 76.8 Å². The number of fused-ring (bicyclic) bond motifs is 4. The van der Waals surface area contributed by atoms with E-state index in [1.807, 2.05) is 67.0 Å². The highest BCUT2D eigenvalue weighted by atomic mass is 16.5. The number of aryl methyl sites for hydroxylation is 1. The Kier molecular flexibility index (Phi) is 5.40. The van der Waals surface area contributed by atoms with Gasteiger partial charge in [-0.15, -0.1) is 0 Å². The van der Waals surface area contributed by atoms with Gasteiger partial charge in [-0.1, -0.05) is 32.0 Å². The van der Waals surface area contributed by atoms with E-state index in [0.717, 1.165) is 28.1 Å². The van der Waals surface area contributed by atoms with Crippen LogP contribution in [0.2, 0.25) is 0 Å². The van der Waals surface area contributed by atoms with Gasteiger partial charge in [0, 0.05) is 62.1 Å². The van der Waals surface area contributed by atoms with Crippen LogP contribution in [0.15, 0.2) is 48.7 Å². The summed E-state index contributed by atoms with van der Waals surface area (Å²) >= 11 is 0. The first-order valence-electron chi connectivity index (χ1n) is 11.7. The second-order valence-electron chi connectivity index (χ2n) is 9.87. The molecule has 0 aliphatic carbocycles. The monoisotopic (exact) mass is 463 g/mol. The second-order valence-corrected chi connectivity index (χ2v) is 9.87. The molecule has 1 spiro atoms. The van der Waals surface area contributed by atoms with Gasteiger partial charge < -0.3 is 19.5 Å². The molecule has 1 saturated heterocycles. The zero-order valence-corrected chi connectivity index (χ0v) is 20.2. The molecule has 0 atom stereocenters. The molecule has 1 fully saturated rings. The minimum atomic E-state index is -0.485. The number of rotatable bonds is 4. The molecular weight excluding hydrogens is 430 g/mol. The molecule has 7 nitrogen and oxygen atoms in total. The molecule has 1 aromatic heterocycles. The van der Waals surface area contributed by atoms with Crippen LogP contribution in [-0.4, -0.2) is 52.5 Å². The van der Waals surface area contributed by atoms with Crippen molar-refractivity contribution in [2.75, 3.05) is 26.8 Å². The summed E-state index contributed by atoms with van der Waals surface area (Å²) in [5.74, 6) is 1.46. The number of para-hydroxylation sites is 1. The van der Waals surface area contributed by atoms with Gasteiger partial charge in [0.15, 0.2) is 0 Å². The number of benzene rings is 2. The van der Waals surface area contributed by atoms with Gasteiger partial charge in [-0.2, -0.15) is 5.10 Å². The van der Waals surface area contributed by atoms with Gasteiger partial charge in [-0.25, -0.2) is 0 Å². The molecule has 0 saturated carbocycles. The Balaban J connectivity index is 0.00000289. The third kappa shape index (κ3) is 3.46. The number of likely N-dealkylation sites (tertiary alicyclic amines) is 1. The zero-order chi connectivity index (χ0) is 24.1. The number of aromatic nitrogens is 2. The maximum absolute atomic E-state index is 13.4. The Morgan fingerprint density at radius 3 is 2.68 bits per heavy atom. The molecule has 7 heteroatoms. The molecular formula is C27H33N3O4. The number of hydrogen-bond donors (Lipinski definition) is 1. The molecule has 3 aromatic rings. The third-order valence-corrected chi connectivity index (χ3v) is 7.31. The van der Waals surface area contributed by atoms with Crippen LogP contribution in [-0.2, 0) is 18.1 Å². The fourth-order valence-corrected chi connectivity index (χ4v) is 5.20. The van der Waals surface area contributed by atoms with Crippen molar-refractivity contribution in [1.29, 1.82) is 0 Å². The van der Waals surface area contributed by atoms with Crippen molar-refractivity contribution in [2.45, 2.75) is 37.7 Å². The first-order valence-corrected chi connectivity index (χ1v) is 11.7. The lowest BCUT2D eigenvalue weighted by Crippen LogP contribution is -2.49. The van der Waals surface area contributed by atoms with Gasteiger partial charge in [0.1, 0.15) is 17.1 Å². The minimum Gasteiger partial charge on any atom is -0.496 e. The van der Waals surface area contributed by atoms with Gasteiger partial charge in [0.25, 0.3) is 5.91 Å². The van der Waals surface area contributed by atoms with Crippen LogP contribution in [0.1, 0.15) is 49.6 Å². The van der Waals surface area contributed by atoms with Crippen molar-refractivity contribution in [3.8, 4) is 22.8 Å². The number of amides is 1. The lowest BCUT2D eigenvalue weighted by Gasteiger charge is -2.44. The third-order valence-electron chi connectivity index (χ3n) is 7.31. The van der Waals surface area contributed by atoms with E-state index in [9.17, 15) is 9.90 Å². The van der Waals surface area contributed by atoms with E-state index < -0.39 is 11.0 Å². The lowest BCUT2D eigenvalue weighted by atomic mass is 9.80. The molecule has 2 aliphatic rings. The number of carbonyl (C=O) groups is 1. The average molecular weight is 464 g/mol. The Morgan fingerprint density at radius 2 is 1.97 bits per heavy atom. The number of nitrogens with zero attached hydrogens (tertiary/aromatic N) is 3. The van der Waals surface area contributed by atoms with Crippen LogP contribution in [0.4, 0.5) is 0 Å². The summed E-state index contributed by atoms with van der Waals surface area (Å²) in [7, 11) is 3.55. The average Bonchev–Trinajstić information content (AvgIpc) is 3.26. The van der Waals surface area contributed by atoms with Crippen molar-refractivity contribution in [3.05, 3.63) is 65.4 Å². The summed E-state index contributed by atoms with van der Waals surface area (Å²) in [5.41, 5.74) is 3.76. The highest BCUT2D eigenvalue weighted by molar-refractivity contribution is 5.95. The molecule has 5 rings (SSSR count). The van der Waals surface area contributed by atoms with Crippen molar-refractivity contribution in [2.24, 2.45) is 7.05 Å². The van der Waals surface area contributed by atoms with Crippen LogP contribution in [0.5, 0.6) is 11.5 Å². The fourth-order valence-electron chi connectivity index (χ4n) is 5.20. The molecule has 0 bridgehead atoms. The van der Waals surface area contributed by atoms with Crippen LogP contribution in [0.25, 0.3) is 11.3 Å². The van der Waals surface area contributed by atoms with Gasteiger partial charge in [0.05, 0.1) is 25.6 Å². The quantitative estimate of drug-likeness (QED) is 0.629. The van der Waals surface area contributed by atoms with Crippen LogP contribution in [0.3, 0.4) is 0 Å². The van der Waals surface area contributed by atoms with E-state index >= 15 is 0 Å². The van der Waals surface area contributed by atoms with Gasteiger partial charge in [-0.05, 0) is 24.3 Å². The standard InChI is InChI=1S/C27H31N3O4.H2/c1-26(2,17-31)20-10-9-18(15-23(20)33-4)25(32)30-13-11-27(12-14-30)21-16-28-29(3)24(21)19-7-5-6-8-22(19)34-27;/h5-10,15-16,31H,11-14,17H2,1-4H3;1H. The van der Waals surface area contributed by atoms with Crippen molar-refractivity contribution in [3.63, 3.8) is 0 Å². The maximum Gasteiger partial charge on any atom is 0.253 e. The zero-order valence-electron chi connectivity index (χ0n) is 20.2. The summed E-state index contributed by atoms with van der Waals surface area (Å²) in [4.78, 5) is 15.3. The van der Waals surface area contributed by atoms with Crippen molar-refractivity contribution in [1.82, 2.24) is 14.7 Å². The lowest BCUT2D eigenvalue weighted by molar-refractivity contribution is -0.00173. The number of aliphatic hydroxyl groups excluding tert-OH is 1. The first-order chi connectivity index (χ1) is 16.3. The Labute approximate surface area is 201 Å². The Morgan fingerprint density at radius 1 is 1.24 bits per heavy atom. The number of piperidine rings is 1. The Bertz CT molecular complexity index is 1240. The number of aliphatic hydroxyl groups is 1. The summed E-state index contributed by atoms with van der Waals surface area (Å²) in [6.45, 7) is 5.06. The molecule has 1 amide bonds. The summed E-state index contributed by atoms with van der Waals surface area (Å²) < 4.78 is 14.1. The molecule has 180 valence electrons. The van der Waals surface area contributed by atoms with E-state index in [0.29, 0.717) is 37.2 Å². The van der Waals surface area contributed by atoms with E-state index in [2.05, 4.69) is 11.2 Å². The molecule has 0 radical (unpaired) electrons. The Hall–Kier alpha value is -3.32. The van der Waals surface area contributed by atoms with E-state index in [-0.39, 0.29) is 13.9 Å². The number of ether oxygens (including phenoxy) is 2. The predicted octanol–water partition coefficient (Wildman–Crippen LogP) is 4.14. The SMILES string of the molecule is COc1cc(C(=O)N2CCC3(CC2)Oc2ccccc2-c2c3cnn2C)ccc1C(C)(C)CO.[HH]. The minimum absolute atomic E-state index is 0. The smallest absolute Gasteiger partial charge is 0.253 e.